The van der Waals surface area contributed by atoms with E-state index in [-0.39, 0.29) is 0 Å². The highest BCUT2D eigenvalue weighted by molar-refractivity contribution is 4.78. The van der Waals surface area contributed by atoms with Crippen LogP contribution in [0, 0.1) is 11.3 Å². The third-order valence-electron chi connectivity index (χ3n) is 3.55. The molecule has 0 aliphatic carbocycles. The molecule has 1 saturated heterocycles. The van der Waals surface area contributed by atoms with Gasteiger partial charge in [-0.15, -0.1) is 0 Å². The molecule has 0 aromatic heterocycles. The second-order valence-electron chi connectivity index (χ2n) is 5.64. The standard InChI is InChI=1S/C12H26N2/c1-11(10-13)4-7-14-8-5-12(2,3)6-9-14/h11H,4-10,13H2,1-3H3. The second kappa shape index (κ2) is 5.13. The predicted molar refractivity (Wildman–Crippen MR) is 62.3 cm³/mol. The first kappa shape index (κ1) is 12.0. The molecule has 1 aliphatic rings. The van der Waals surface area contributed by atoms with Gasteiger partial charge in [0.15, 0.2) is 0 Å². The van der Waals surface area contributed by atoms with Gasteiger partial charge in [-0.2, -0.15) is 0 Å². The minimum absolute atomic E-state index is 0.579. The summed E-state index contributed by atoms with van der Waals surface area (Å²) in [5.41, 5.74) is 6.19. The molecule has 0 amide bonds. The minimum atomic E-state index is 0.579. The van der Waals surface area contributed by atoms with E-state index in [4.69, 9.17) is 5.73 Å². The first-order valence-corrected chi connectivity index (χ1v) is 5.96. The SMILES string of the molecule is CC(CN)CCN1CCC(C)(C)CC1. The van der Waals surface area contributed by atoms with Gasteiger partial charge in [0, 0.05) is 0 Å². The molecule has 0 radical (unpaired) electrons. The lowest BCUT2D eigenvalue weighted by molar-refractivity contribution is 0.127. The summed E-state index contributed by atoms with van der Waals surface area (Å²) in [6.45, 7) is 11.6. The zero-order valence-corrected chi connectivity index (χ0v) is 10.1. The molecule has 1 rings (SSSR count). The Balaban J connectivity index is 2.16. The maximum atomic E-state index is 5.61. The van der Waals surface area contributed by atoms with Gasteiger partial charge in [0.2, 0.25) is 0 Å². The van der Waals surface area contributed by atoms with Crippen molar-refractivity contribution in [3.05, 3.63) is 0 Å². The van der Waals surface area contributed by atoms with E-state index in [9.17, 15) is 0 Å². The normalized spacial score (nSPS) is 24.9. The summed E-state index contributed by atoms with van der Waals surface area (Å²) < 4.78 is 0. The molecule has 0 aromatic rings. The Morgan fingerprint density at radius 3 is 2.36 bits per heavy atom. The number of hydrogen-bond donors (Lipinski definition) is 1. The van der Waals surface area contributed by atoms with Gasteiger partial charge in [0.05, 0.1) is 0 Å². The summed E-state index contributed by atoms with van der Waals surface area (Å²) >= 11 is 0. The van der Waals surface area contributed by atoms with Crippen molar-refractivity contribution in [1.82, 2.24) is 4.90 Å². The van der Waals surface area contributed by atoms with E-state index in [1.807, 2.05) is 0 Å². The van der Waals surface area contributed by atoms with Crippen LogP contribution in [0.2, 0.25) is 0 Å². The van der Waals surface area contributed by atoms with E-state index >= 15 is 0 Å². The molecule has 14 heavy (non-hydrogen) atoms. The maximum Gasteiger partial charge on any atom is -0.00136 e. The van der Waals surface area contributed by atoms with Crippen molar-refractivity contribution < 1.29 is 0 Å². The van der Waals surface area contributed by atoms with Gasteiger partial charge in [-0.1, -0.05) is 20.8 Å². The van der Waals surface area contributed by atoms with Crippen molar-refractivity contribution in [2.45, 2.75) is 40.0 Å². The molecule has 1 atom stereocenters. The van der Waals surface area contributed by atoms with Crippen LogP contribution in [-0.2, 0) is 0 Å². The van der Waals surface area contributed by atoms with Crippen molar-refractivity contribution in [1.29, 1.82) is 0 Å². The van der Waals surface area contributed by atoms with Gasteiger partial charge in [0.1, 0.15) is 0 Å². The molecule has 84 valence electrons. The lowest BCUT2D eigenvalue weighted by atomic mass is 9.82. The van der Waals surface area contributed by atoms with Crippen molar-refractivity contribution in [3.63, 3.8) is 0 Å². The monoisotopic (exact) mass is 198 g/mol. The van der Waals surface area contributed by atoms with Gasteiger partial charge in [0.25, 0.3) is 0 Å². The van der Waals surface area contributed by atoms with Gasteiger partial charge in [-0.3, -0.25) is 0 Å². The fourth-order valence-corrected chi connectivity index (χ4v) is 1.90. The summed E-state index contributed by atoms with van der Waals surface area (Å²) in [5.74, 6) is 0.685. The molecule has 0 aromatic carbocycles. The lowest BCUT2D eigenvalue weighted by Gasteiger charge is -2.37. The molecule has 0 bridgehead atoms. The van der Waals surface area contributed by atoms with Crippen LogP contribution in [0.1, 0.15) is 40.0 Å². The van der Waals surface area contributed by atoms with Crippen molar-refractivity contribution in [3.8, 4) is 0 Å². The van der Waals surface area contributed by atoms with Gasteiger partial charge in [-0.25, -0.2) is 0 Å². The Hall–Kier alpha value is -0.0800. The Bertz CT molecular complexity index is 156. The average Bonchev–Trinajstić information content (AvgIpc) is 2.16. The highest BCUT2D eigenvalue weighted by atomic mass is 15.1. The van der Waals surface area contributed by atoms with E-state index in [1.54, 1.807) is 0 Å². The summed E-state index contributed by atoms with van der Waals surface area (Å²) in [5, 5.41) is 0. The second-order valence-corrected chi connectivity index (χ2v) is 5.64. The average molecular weight is 198 g/mol. The van der Waals surface area contributed by atoms with Crippen molar-refractivity contribution >= 4 is 0 Å². The van der Waals surface area contributed by atoms with E-state index < -0.39 is 0 Å². The van der Waals surface area contributed by atoms with Crippen molar-refractivity contribution in [2.24, 2.45) is 17.1 Å². The van der Waals surface area contributed by atoms with Gasteiger partial charge < -0.3 is 10.6 Å². The third-order valence-corrected chi connectivity index (χ3v) is 3.55. The van der Waals surface area contributed by atoms with Crippen molar-refractivity contribution in [2.75, 3.05) is 26.2 Å². The molecule has 0 saturated carbocycles. The fourth-order valence-electron chi connectivity index (χ4n) is 1.90. The topological polar surface area (TPSA) is 29.3 Å². The molecule has 0 spiro atoms. The van der Waals surface area contributed by atoms with Crippen LogP contribution in [0.3, 0.4) is 0 Å². The zero-order chi connectivity index (χ0) is 10.6. The number of likely N-dealkylation sites (tertiary alicyclic amines) is 1. The van der Waals surface area contributed by atoms with E-state index in [1.165, 1.54) is 38.9 Å². The van der Waals surface area contributed by atoms with Crippen LogP contribution in [-0.4, -0.2) is 31.1 Å². The number of rotatable bonds is 4. The van der Waals surface area contributed by atoms with Crippen LogP contribution in [0.5, 0.6) is 0 Å². The molecule has 1 heterocycles. The molecule has 2 nitrogen and oxygen atoms in total. The van der Waals surface area contributed by atoms with E-state index in [0.29, 0.717) is 11.3 Å². The van der Waals surface area contributed by atoms with Crippen LogP contribution in [0.4, 0.5) is 0 Å². The van der Waals surface area contributed by atoms with Gasteiger partial charge >= 0.3 is 0 Å². The van der Waals surface area contributed by atoms with Crippen LogP contribution >= 0.6 is 0 Å². The molecule has 1 unspecified atom stereocenters. The quantitative estimate of drug-likeness (QED) is 0.749. The molecule has 1 fully saturated rings. The summed E-state index contributed by atoms with van der Waals surface area (Å²) in [6.07, 6.45) is 3.96. The highest BCUT2D eigenvalue weighted by Crippen LogP contribution is 2.29. The predicted octanol–water partition coefficient (Wildman–Crippen LogP) is 2.09. The summed E-state index contributed by atoms with van der Waals surface area (Å²) in [7, 11) is 0. The lowest BCUT2D eigenvalue weighted by Crippen LogP contribution is -2.38. The Kier molecular flexibility index (Phi) is 4.39. The maximum absolute atomic E-state index is 5.61. The fraction of sp³-hybridized carbons (Fsp3) is 1.00. The van der Waals surface area contributed by atoms with Crippen LogP contribution < -0.4 is 5.73 Å². The highest BCUT2D eigenvalue weighted by Gasteiger charge is 2.24. The van der Waals surface area contributed by atoms with E-state index in [2.05, 4.69) is 25.7 Å². The Labute approximate surface area is 88.8 Å². The zero-order valence-electron chi connectivity index (χ0n) is 10.1. The number of piperidine rings is 1. The summed E-state index contributed by atoms with van der Waals surface area (Å²) in [6, 6.07) is 0. The summed E-state index contributed by atoms with van der Waals surface area (Å²) in [4.78, 5) is 2.59. The molecular formula is C12H26N2. The largest absolute Gasteiger partial charge is 0.330 e. The first-order chi connectivity index (χ1) is 6.53. The minimum Gasteiger partial charge on any atom is -0.330 e. The third kappa shape index (κ3) is 3.97. The van der Waals surface area contributed by atoms with Crippen LogP contribution in [0.25, 0.3) is 0 Å². The number of nitrogens with two attached hydrogens (primary N) is 1. The number of nitrogens with zero attached hydrogens (tertiary/aromatic N) is 1. The molecular weight excluding hydrogens is 172 g/mol. The smallest absolute Gasteiger partial charge is 0.00136 e. The van der Waals surface area contributed by atoms with Gasteiger partial charge in [-0.05, 0) is 56.8 Å². The Morgan fingerprint density at radius 2 is 1.86 bits per heavy atom. The number of hydrogen-bond acceptors (Lipinski definition) is 2. The molecule has 2 N–H and O–H groups in total. The van der Waals surface area contributed by atoms with Crippen LogP contribution in [0.15, 0.2) is 0 Å². The Morgan fingerprint density at radius 1 is 1.29 bits per heavy atom. The first-order valence-electron chi connectivity index (χ1n) is 5.96. The van der Waals surface area contributed by atoms with E-state index in [0.717, 1.165) is 6.54 Å². The molecule has 1 aliphatic heterocycles. The molecule has 2 heteroatoms.